The first-order valence-electron chi connectivity index (χ1n) is 10.3. The van der Waals surface area contributed by atoms with Crippen LogP contribution in [-0.4, -0.2) is 45.0 Å². The van der Waals surface area contributed by atoms with Crippen LogP contribution in [0.1, 0.15) is 23.6 Å². The molecule has 0 unspecified atom stereocenters. The van der Waals surface area contributed by atoms with Crippen molar-refractivity contribution in [3.63, 3.8) is 0 Å². The molecule has 0 saturated carbocycles. The van der Waals surface area contributed by atoms with E-state index in [4.69, 9.17) is 19.0 Å². The maximum Gasteiger partial charge on any atom is 0.344 e. The lowest BCUT2D eigenvalue weighted by molar-refractivity contribution is -0.164. The molecule has 2 aromatic rings. The lowest BCUT2D eigenvalue weighted by Crippen LogP contribution is -2.28. The van der Waals surface area contributed by atoms with Gasteiger partial charge in [0.05, 0.1) is 19.9 Å². The molecule has 2 aromatic carbocycles. The summed E-state index contributed by atoms with van der Waals surface area (Å²) in [6.45, 7) is 1.29. The second-order valence-corrected chi connectivity index (χ2v) is 7.62. The Kier molecular flexibility index (Phi) is 6.32. The highest BCUT2D eigenvalue weighted by molar-refractivity contribution is 5.86. The maximum absolute atomic E-state index is 12.3. The molecule has 1 heterocycles. The number of methoxy groups -OCH3 is 2. The first-order chi connectivity index (χ1) is 15.5. The van der Waals surface area contributed by atoms with Crippen molar-refractivity contribution in [1.82, 2.24) is 5.48 Å². The number of carbonyl (C=O) groups is 2. The van der Waals surface area contributed by atoms with Crippen LogP contribution in [0.15, 0.2) is 48.0 Å². The van der Waals surface area contributed by atoms with Gasteiger partial charge in [0.15, 0.2) is 18.1 Å². The van der Waals surface area contributed by atoms with Gasteiger partial charge in [-0.3, -0.25) is 10.3 Å². The Morgan fingerprint density at radius 2 is 1.78 bits per heavy atom. The third-order valence-electron chi connectivity index (χ3n) is 5.60. The molecule has 0 fully saturated rings. The van der Waals surface area contributed by atoms with Crippen molar-refractivity contribution in [3.05, 3.63) is 64.7 Å². The van der Waals surface area contributed by atoms with Crippen LogP contribution < -0.4 is 15.0 Å². The third kappa shape index (κ3) is 4.40. The number of carbonyl (C=O) groups excluding carboxylic acids is 2. The SMILES string of the molecule is COC(=O)COC(=O)[C@H]1ONC(c2ccc(OC)c(OC3Cc4ccccc4C3)c2)=C1C. The van der Waals surface area contributed by atoms with Crippen LogP contribution in [0, 0.1) is 0 Å². The fourth-order valence-corrected chi connectivity index (χ4v) is 3.90. The third-order valence-corrected chi connectivity index (χ3v) is 5.60. The average Bonchev–Trinajstić information content (AvgIpc) is 3.39. The molecule has 1 aliphatic carbocycles. The van der Waals surface area contributed by atoms with E-state index >= 15 is 0 Å². The van der Waals surface area contributed by atoms with Gasteiger partial charge in [0.2, 0.25) is 6.10 Å². The van der Waals surface area contributed by atoms with E-state index in [0.29, 0.717) is 22.8 Å². The highest BCUT2D eigenvalue weighted by atomic mass is 16.7. The van der Waals surface area contributed by atoms with E-state index in [2.05, 4.69) is 22.3 Å². The lowest BCUT2D eigenvalue weighted by Gasteiger charge is -2.17. The predicted molar refractivity (Wildman–Crippen MR) is 115 cm³/mol. The lowest BCUT2D eigenvalue weighted by atomic mass is 10.0. The van der Waals surface area contributed by atoms with Crippen LogP contribution >= 0.6 is 0 Å². The number of hydrogen-bond acceptors (Lipinski definition) is 8. The maximum atomic E-state index is 12.3. The van der Waals surface area contributed by atoms with Crippen molar-refractivity contribution in [3.8, 4) is 11.5 Å². The van der Waals surface area contributed by atoms with E-state index in [1.165, 1.54) is 18.2 Å². The molecular formula is C24H25NO7. The number of ether oxygens (including phenoxy) is 4. The highest BCUT2D eigenvalue weighted by Gasteiger charge is 2.33. The van der Waals surface area contributed by atoms with Gasteiger partial charge in [0.1, 0.15) is 6.10 Å². The number of hydroxylamine groups is 1. The predicted octanol–water partition coefficient (Wildman–Crippen LogP) is 2.59. The summed E-state index contributed by atoms with van der Waals surface area (Å²) < 4.78 is 21.2. The van der Waals surface area contributed by atoms with E-state index in [-0.39, 0.29) is 6.10 Å². The Morgan fingerprint density at radius 3 is 2.44 bits per heavy atom. The zero-order valence-corrected chi connectivity index (χ0v) is 18.2. The first kappa shape index (κ1) is 21.7. The minimum Gasteiger partial charge on any atom is -0.493 e. The number of rotatable bonds is 7. The summed E-state index contributed by atoms with van der Waals surface area (Å²) in [7, 11) is 2.82. The molecule has 32 heavy (non-hydrogen) atoms. The molecule has 4 rings (SSSR count). The zero-order chi connectivity index (χ0) is 22.7. The summed E-state index contributed by atoms with van der Waals surface area (Å²) in [5.41, 5.74) is 7.42. The van der Waals surface area contributed by atoms with Crippen molar-refractivity contribution in [2.24, 2.45) is 0 Å². The molecule has 0 saturated heterocycles. The largest absolute Gasteiger partial charge is 0.493 e. The molecule has 1 aliphatic heterocycles. The van der Waals surface area contributed by atoms with E-state index in [1.807, 2.05) is 30.3 Å². The zero-order valence-electron chi connectivity index (χ0n) is 18.2. The summed E-state index contributed by atoms with van der Waals surface area (Å²) in [4.78, 5) is 28.9. The summed E-state index contributed by atoms with van der Waals surface area (Å²) >= 11 is 0. The monoisotopic (exact) mass is 439 g/mol. The van der Waals surface area contributed by atoms with Gasteiger partial charge in [-0.15, -0.1) is 0 Å². The van der Waals surface area contributed by atoms with Crippen LogP contribution in [0.3, 0.4) is 0 Å². The van der Waals surface area contributed by atoms with Crippen molar-refractivity contribution in [1.29, 1.82) is 0 Å². The quantitative estimate of drug-likeness (QED) is 0.659. The number of esters is 2. The minimum atomic E-state index is -0.967. The second-order valence-electron chi connectivity index (χ2n) is 7.62. The molecule has 0 radical (unpaired) electrons. The van der Waals surface area contributed by atoms with Gasteiger partial charge in [0.25, 0.3) is 0 Å². The van der Waals surface area contributed by atoms with Crippen molar-refractivity contribution < 1.29 is 33.4 Å². The Labute approximate surface area is 186 Å². The summed E-state index contributed by atoms with van der Waals surface area (Å²) in [5, 5.41) is 0. The van der Waals surface area contributed by atoms with Crippen LogP contribution in [0.25, 0.3) is 5.70 Å². The Bertz CT molecular complexity index is 1040. The van der Waals surface area contributed by atoms with E-state index < -0.39 is 24.6 Å². The smallest absolute Gasteiger partial charge is 0.344 e. The molecule has 2 aliphatic rings. The average molecular weight is 439 g/mol. The first-order valence-corrected chi connectivity index (χ1v) is 10.3. The fraction of sp³-hybridized carbons (Fsp3) is 0.333. The molecule has 0 bridgehead atoms. The topological polar surface area (TPSA) is 92.3 Å². The molecule has 1 atom stereocenters. The number of benzene rings is 2. The Morgan fingerprint density at radius 1 is 1.06 bits per heavy atom. The molecule has 0 spiro atoms. The van der Waals surface area contributed by atoms with E-state index in [0.717, 1.165) is 18.4 Å². The molecular weight excluding hydrogens is 414 g/mol. The van der Waals surface area contributed by atoms with Crippen molar-refractivity contribution >= 4 is 17.6 Å². The highest BCUT2D eigenvalue weighted by Crippen LogP contribution is 2.36. The molecule has 8 nitrogen and oxygen atoms in total. The van der Waals surface area contributed by atoms with Crippen LogP contribution in [0.5, 0.6) is 11.5 Å². The fourth-order valence-electron chi connectivity index (χ4n) is 3.90. The van der Waals surface area contributed by atoms with Crippen molar-refractivity contribution in [2.75, 3.05) is 20.8 Å². The van der Waals surface area contributed by atoms with Gasteiger partial charge in [0, 0.05) is 18.4 Å². The standard InChI is InChI=1S/C24H25NO7/c1-14-22(25-32-23(14)24(27)30-13-21(26)29-3)17-8-9-19(28-2)20(12-17)31-18-10-15-6-4-5-7-16(15)11-18/h4-9,12,18,23,25H,10-11,13H2,1-3H3/t23-/m0/s1. The Balaban J connectivity index is 1.51. The minimum absolute atomic E-state index is 0.0143. The normalized spacial score (nSPS) is 17.5. The number of nitrogens with one attached hydrogen (secondary N) is 1. The molecule has 0 aromatic heterocycles. The molecule has 1 N–H and O–H groups in total. The van der Waals surface area contributed by atoms with Crippen LogP contribution in [0.2, 0.25) is 0 Å². The van der Waals surface area contributed by atoms with Gasteiger partial charge >= 0.3 is 11.9 Å². The van der Waals surface area contributed by atoms with Gasteiger partial charge in [-0.25, -0.2) is 9.59 Å². The van der Waals surface area contributed by atoms with Gasteiger partial charge in [-0.05, 0) is 41.8 Å². The molecule has 8 heteroatoms. The summed E-state index contributed by atoms with van der Waals surface area (Å²) in [6, 6.07) is 13.9. The summed E-state index contributed by atoms with van der Waals surface area (Å²) in [6.07, 6.45) is 0.715. The van der Waals surface area contributed by atoms with Gasteiger partial charge in [-0.1, -0.05) is 24.3 Å². The van der Waals surface area contributed by atoms with Gasteiger partial charge in [-0.2, -0.15) is 0 Å². The second kappa shape index (κ2) is 9.32. The molecule has 0 amide bonds. The number of hydrogen-bond donors (Lipinski definition) is 1. The van der Waals surface area contributed by atoms with Crippen LogP contribution in [-0.2, 0) is 36.7 Å². The van der Waals surface area contributed by atoms with Gasteiger partial charge < -0.3 is 18.9 Å². The van der Waals surface area contributed by atoms with E-state index in [9.17, 15) is 9.59 Å². The summed E-state index contributed by atoms with van der Waals surface area (Å²) in [5.74, 6) is -0.0844. The van der Waals surface area contributed by atoms with Crippen LogP contribution in [0.4, 0.5) is 0 Å². The Hall–Kier alpha value is -3.52. The number of fused-ring (bicyclic) bond motifs is 1. The van der Waals surface area contributed by atoms with Crippen molar-refractivity contribution in [2.45, 2.75) is 32.0 Å². The van der Waals surface area contributed by atoms with E-state index in [1.54, 1.807) is 14.0 Å². The molecule has 168 valence electrons.